The normalized spacial score (nSPS) is 9.75. The molecule has 0 heterocycles. The first-order chi connectivity index (χ1) is 5.74. The Kier molecular flexibility index (Phi) is 2.80. The Hall–Kier alpha value is -1.38. The molecule has 0 radical (unpaired) electrons. The van der Waals surface area contributed by atoms with Gasteiger partial charge in [-0.2, -0.15) is 0 Å². The van der Waals surface area contributed by atoms with Crippen molar-refractivity contribution in [2.24, 2.45) is 0 Å². The molecule has 0 atom stereocenters. The average molecular weight is 165 g/mol. The van der Waals surface area contributed by atoms with Gasteiger partial charge in [0.2, 0.25) is 0 Å². The molecule has 1 aromatic rings. The first-order valence-corrected chi connectivity index (χ1v) is 3.97. The van der Waals surface area contributed by atoms with Gasteiger partial charge in [0, 0.05) is 12.1 Å². The molecule has 0 aromatic heterocycles. The summed E-state index contributed by atoms with van der Waals surface area (Å²) in [5, 5.41) is 10.4. The van der Waals surface area contributed by atoms with Crippen molar-refractivity contribution in [3.8, 4) is 0 Å². The van der Waals surface area contributed by atoms with Gasteiger partial charge in [-0.1, -0.05) is 25.5 Å². The van der Waals surface area contributed by atoms with Crippen molar-refractivity contribution < 1.29 is 4.92 Å². The van der Waals surface area contributed by atoms with Crippen LogP contribution in [0.15, 0.2) is 24.3 Å². The Morgan fingerprint density at radius 2 is 2.25 bits per heavy atom. The number of non-ortho nitro benzene ring substituents is 1. The highest BCUT2D eigenvalue weighted by Gasteiger charge is 2.03. The number of benzene rings is 1. The largest absolute Gasteiger partial charge is 0.269 e. The highest BCUT2D eigenvalue weighted by atomic mass is 16.6. The molecule has 0 amide bonds. The van der Waals surface area contributed by atoms with E-state index in [9.17, 15) is 10.1 Å². The minimum absolute atomic E-state index is 0.181. The summed E-state index contributed by atoms with van der Waals surface area (Å²) in [6, 6.07) is 6.78. The Bertz CT molecular complexity index is 284. The van der Waals surface area contributed by atoms with Gasteiger partial charge in [0.25, 0.3) is 5.69 Å². The topological polar surface area (TPSA) is 43.1 Å². The van der Waals surface area contributed by atoms with Gasteiger partial charge in [-0.15, -0.1) is 0 Å². The molecule has 0 aliphatic rings. The molecule has 1 rings (SSSR count). The Morgan fingerprint density at radius 1 is 1.50 bits per heavy atom. The number of hydrogen-bond donors (Lipinski definition) is 0. The smallest absolute Gasteiger partial charge is 0.258 e. The molecule has 0 fully saturated rings. The molecule has 0 aliphatic carbocycles. The molecule has 0 aliphatic heterocycles. The zero-order valence-electron chi connectivity index (χ0n) is 6.99. The van der Waals surface area contributed by atoms with Crippen LogP contribution in [-0.2, 0) is 6.42 Å². The van der Waals surface area contributed by atoms with Crippen molar-refractivity contribution >= 4 is 5.69 Å². The van der Waals surface area contributed by atoms with Gasteiger partial charge in [-0.3, -0.25) is 10.1 Å². The maximum Gasteiger partial charge on any atom is 0.269 e. The van der Waals surface area contributed by atoms with E-state index in [-0.39, 0.29) is 10.6 Å². The van der Waals surface area contributed by atoms with Crippen LogP contribution in [0.25, 0.3) is 0 Å². The number of nitro benzene ring substituents is 1. The molecule has 12 heavy (non-hydrogen) atoms. The molecule has 0 N–H and O–H groups in total. The van der Waals surface area contributed by atoms with Gasteiger partial charge in [0.05, 0.1) is 4.92 Å². The molecule has 1 aromatic carbocycles. The summed E-state index contributed by atoms with van der Waals surface area (Å²) in [4.78, 5) is 10.0. The first kappa shape index (κ1) is 8.71. The second-order valence-corrected chi connectivity index (χ2v) is 2.68. The molecule has 0 bridgehead atoms. The van der Waals surface area contributed by atoms with E-state index in [4.69, 9.17) is 0 Å². The van der Waals surface area contributed by atoms with Crippen molar-refractivity contribution in [1.29, 1.82) is 0 Å². The summed E-state index contributed by atoms with van der Waals surface area (Å²) in [5.74, 6) is 0. The van der Waals surface area contributed by atoms with Crippen LogP contribution in [0.1, 0.15) is 18.9 Å². The van der Waals surface area contributed by atoms with Crippen LogP contribution in [0.3, 0.4) is 0 Å². The standard InChI is InChI=1S/C9H11NO2/c1-2-4-8-5-3-6-9(7-8)10(11)12/h3,5-7H,2,4H2,1H3. The van der Waals surface area contributed by atoms with Crippen LogP contribution in [-0.4, -0.2) is 4.92 Å². The van der Waals surface area contributed by atoms with Crippen molar-refractivity contribution in [3.63, 3.8) is 0 Å². The Balaban J connectivity index is 2.88. The number of nitro groups is 1. The highest BCUT2D eigenvalue weighted by Crippen LogP contribution is 2.13. The second-order valence-electron chi connectivity index (χ2n) is 2.68. The van der Waals surface area contributed by atoms with Crippen molar-refractivity contribution in [2.45, 2.75) is 19.8 Å². The molecule has 3 nitrogen and oxygen atoms in total. The predicted octanol–water partition coefficient (Wildman–Crippen LogP) is 2.55. The van der Waals surface area contributed by atoms with Crippen LogP contribution in [0.2, 0.25) is 0 Å². The molecule has 3 heteroatoms. The summed E-state index contributed by atoms with van der Waals surface area (Å²) >= 11 is 0. The highest BCUT2D eigenvalue weighted by molar-refractivity contribution is 5.34. The molecule has 64 valence electrons. The van der Waals surface area contributed by atoms with Gasteiger partial charge in [0.15, 0.2) is 0 Å². The number of hydrogen-bond acceptors (Lipinski definition) is 2. The van der Waals surface area contributed by atoms with Gasteiger partial charge in [-0.25, -0.2) is 0 Å². The monoisotopic (exact) mass is 165 g/mol. The van der Waals surface area contributed by atoms with Crippen LogP contribution in [0.5, 0.6) is 0 Å². The van der Waals surface area contributed by atoms with Crippen LogP contribution in [0, 0.1) is 10.1 Å². The lowest BCUT2D eigenvalue weighted by molar-refractivity contribution is -0.384. The van der Waals surface area contributed by atoms with Crippen LogP contribution >= 0.6 is 0 Å². The van der Waals surface area contributed by atoms with Gasteiger partial charge in [0.1, 0.15) is 0 Å². The second kappa shape index (κ2) is 3.85. The van der Waals surface area contributed by atoms with Gasteiger partial charge >= 0.3 is 0 Å². The van der Waals surface area contributed by atoms with E-state index in [2.05, 4.69) is 6.92 Å². The maximum atomic E-state index is 10.4. The summed E-state index contributed by atoms with van der Waals surface area (Å²) in [6.45, 7) is 2.05. The van der Waals surface area contributed by atoms with Crippen molar-refractivity contribution in [3.05, 3.63) is 39.9 Å². The van der Waals surface area contributed by atoms with E-state index in [1.54, 1.807) is 12.1 Å². The number of rotatable bonds is 3. The minimum atomic E-state index is -0.362. The van der Waals surface area contributed by atoms with E-state index < -0.39 is 0 Å². The van der Waals surface area contributed by atoms with Gasteiger partial charge in [-0.05, 0) is 12.0 Å². The molecule has 0 saturated carbocycles. The lowest BCUT2D eigenvalue weighted by Crippen LogP contribution is -1.89. The summed E-state index contributed by atoms with van der Waals surface area (Å²) in [7, 11) is 0. The summed E-state index contributed by atoms with van der Waals surface area (Å²) < 4.78 is 0. The van der Waals surface area contributed by atoms with Gasteiger partial charge < -0.3 is 0 Å². The van der Waals surface area contributed by atoms with E-state index in [1.807, 2.05) is 6.07 Å². The average Bonchev–Trinajstić information content (AvgIpc) is 2.05. The van der Waals surface area contributed by atoms with Crippen molar-refractivity contribution in [2.75, 3.05) is 0 Å². The van der Waals surface area contributed by atoms with Crippen LogP contribution < -0.4 is 0 Å². The fourth-order valence-electron chi connectivity index (χ4n) is 1.11. The number of aryl methyl sites for hydroxylation is 1. The predicted molar refractivity (Wildman–Crippen MR) is 47.1 cm³/mol. The van der Waals surface area contributed by atoms with Crippen LogP contribution in [0.4, 0.5) is 5.69 Å². The number of nitrogens with zero attached hydrogens (tertiary/aromatic N) is 1. The molecular weight excluding hydrogens is 154 g/mol. The lowest BCUT2D eigenvalue weighted by Gasteiger charge is -1.96. The third-order valence-corrected chi connectivity index (χ3v) is 1.66. The maximum absolute atomic E-state index is 10.4. The fraction of sp³-hybridized carbons (Fsp3) is 0.333. The Morgan fingerprint density at radius 3 is 2.83 bits per heavy atom. The first-order valence-electron chi connectivity index (χ1n) is 3.97. The minimum Gasteiger partial charge on any atom is -0.258 e. The van der Waals surface area contributed by atoms with Crippen molar-refractivity contribution in [1.82, 2.24) is 0 Å². The third kappa shape index (κ3) is 2.05. The van der Waals surface area contributed by atoms with E-state index in [1.165, 1.54) is 6.07 Å². The third-order valence-electron chi connectivity index (χ3n) is 1.66. The Labute approximate surface area is 71.2 Å². The molecular formula is C9H11NO2. The molecule has 0 saturated heterocycles. The van der Waals surface area contributed by atoms with E-state index in [0.717, 1.165) is 18.4 Å². The zero-order chi connectivity index (χ0) is 8.97. The summed E-state index contributed by atoms with van der Waals surface area (Å²) in [5.41, 5.74) is 1.22. The summed E-state index contributed by atoms with van der Waals surface area (Å²) in [6.07, 6.45) is 1.92. The zero-order valence-corrected chi connectivity index (χ0v) is 6.99. The molecule has 0 unspecified atom stereocenters. The quantitative estimate of drug-likeness (QED) is 0.510. The van der Waals surface area contributed by atoms with E-state index in [0.29, 0.717) is 0 Å². The molecule has 0 spiro atoms. The fourth-order valence-corrected chi connectivity index (χ4v) is 1.11. The SMILES string of the molecule is CCCc1cccc([N+](=O)[O-])c1. The lowest BCUT2D eigenvalue weighted by atomic mass is 10.1. The van der Waals surface area contributed by atoms with E-state index >= 15 is 0 Å².